The number of hydrogen-bond acceptors (Lipinski definition) is 6. The van der Waals surface area contributed by atoms with Crippen LogP contribution in [0.25, 0.3) is 11.4 Å². The standard InChI is InChI=1S/C20H23N5OS2/c1-4-13-25-18(15-9-11-21-12-10-15)23-24-20(25)28-14(2)19(26)22-16-7-5-6-8-17(16)27-3/h5-12,14H,4,13H2,1-3H3,(H,22,26). The smallest absolute Gasteiger partial charge is 0.237 e. The SMILES string of the molecule is CCCn1c(SC(C)C(=O)Nc2ccccc2SC)nnc1-c1ccncc1. The first kappa shape index (κ1) is 20.4. The maximum Gasteiger partial charge on any atom is 0.237 e. The van der Waals surface area contributed by atoms with Crippen molar-refractivity contribution in [3.05, 3.63) is 48.8 Å². The molecule has 0 saturated heterocycles. The van der Waals surface area contributed by atoms with E-state index in [-0.39, 0.29) is 11.2 Å². The van der Waals surface area contributed by atoms with Gasteiger partial charge in [0.1, 0.15) is 0 Å². The van der Waals surface area contributed by atoms with Crippen molar-refractivity contribution in [1.82, 2.24) is 19.7 Å². The normalized spacial score (nSPS) is 12.0. The molecule has 6 nitrogen and oxygen atoms in total. The van der Waals surface area contributed by atoms with Crippen LogP contribution in [0.3, 0.4) is 0 Å². The Morgan fingerprint density at radius 1 is 1.18 bits per heavy atom. The van der Waals surface area contributed by atoms with E-state index in [1.807, 2.05) is 49.6 Å². The van der Waals surface area contributed by atoms with E-state index in [2.05, 4.69) is 32.0 Å². The van der Waals surface area contributed by atoms with Gasteiger partial charge in [-0.3, -0.25) is 9.78 Å². The summed E-state index contributed by atoms with van der Waals surface area (Å²) < 4.78 is 2.07. The van der Waals surface area contributed by atoms with Gasteiger partial charge in [-0.1, -0.05) is 30.8 Å². The van der Waals surface area contributed by atoms with Gasteiger partial charge in [-0.2, -0.15) is 0 Å². The molecule has 1 amide bonds. The summed E-state index contributed by atoms with van der Waals surface area (Å²) in [5, 5.41) is 12.2. The molecule has 2 heterocycles. The third kappa shape index (κ3) is 4.74. The minimum absolute atomic E-state index is 0.0528. The summed E-state index contributed by atoms with van der Waals surface area (Å²) in [6.45, 7) is 4.79. The van der Waals surface area contributed by atoms with Crippen molar-refractivity contribution in [2.24, 2.45) is 0 Å². The molecule has 0 radical (unpaired) electrons. The molecule has 8 heteroatoms. The lowest BCUT2D eigenvalue weighted by molar-refractivity contribution is -0.115. The Labute approximate surface area is 173 Å². The second kappa shape index (κ2) is 9.75. The monoisotopic (exact) mass is 413 g/mol. The van der Waals surface area contributed by atoms with Gasteiger partial charge in [-0.15, -0.1) is 22.0 Å². The quantitative estimate of drug-likeness (QED) is 0.545. The van der Waals surface area contributed by atoms with Crippen LogP contribution in [0.1, 0.15) is 20.3 Å². The third-order valence-corrected chi connectivity index (χ3v) is 6.00. The van der Waals surface area contributed by atoms with Crippen molar-refractivity contribution in [3.63, 3.8) is 0 Å². The number of carbonyl (C=O) groups is 1. The summed E-state index contributed by atoms with van der Waals surface area (Å²) in [7, 11) is 0. The number of rotatable bonds is 8. The van der Waals surface area contributed by atoms with E-state index in [1.54, 1.807) is 24.2 Å². The van der Waals surface area contributed by atoms with Crippen LogP contribution < -0.4 is 5.32 Å². The molecule has 1 N–H and O–H groups in total. The molecule has 0 aliphatic rings. The lowest BCUT2D eigenvalue weighted by Gasteiger charge is -2.14. The molecule has 0 spiro atoms. The Morgan fingerprint density at radius 3 is 2.64 bits per heavy atom. The highest BCUT2D eigenvalue weighted by Crippen LogP contribution is 2.29. The molecule has 0 fully saturated rings. The molecule has 28 heavy (non-hydrogen) atoms. The summed E-state index contributed by atoms with van der Waals surface area (Å²) in [6, 6.07) is 11.6. The summed E-state index contributed by atoms with van der Waals surface area (Å²) in [5.41, 5.74) is 1.80. The number of carbonyl (C=O) groups excluding carboxylic acids is 1. The Morgan fingerprint density at radius 2 is 1.93 bits per heavy atom. The third-order valence-electron chi connectivity index (χ3n) is 4.12. The highest BCUT2D eigenvalue weighted by molar-refractivity contribution is 8.00. The summed E-state index contributed by atoms with van der Waals surface area (Å²) in [6.07, 6.45) is 6.43. The van der Waals surface area contributed by atoms with Crippen molar-refractivity contribution in [2.75, 3.05) is 11.6 Å². The van der Waals surface area contributed by atoms with E-state index in [9.17, 15) is 4.79 Å². The maximum absolute atomic E-state index is 12.7. The van der Waals surface area contributed by atoms with Gasteiger partial charge in [-0.25, -0.2) is 0 Å². The maximum atomic E-state index is 12.7. The van der Waals surface area contributed by atoms with Crippen LogP contribution in [-0.4, -0.2) is 37.2 Å². The lowest BCUT2D eigenvalue weighted by Crippen LogP contribution is -2.23. The van der Waals surface area contributed by atoms with Crippen LogP contribution in [-0.2, 0) is 11.3 Å². The predicted octanol–water partition coefficient (Wildman–Crippen LogP) is 4.59. The number of nitrogens with one attached hydrogen (secondary N) is 1. The van der Waals surface area contributed by atoms with Gasteiger partial charge >= 0.3 is 0 Å². The van der Waals surface area contributed by atoms with Crippen LogP contribution in [0.5, 0.6) is 0 Å². The van der Waals surface area contributed by atoms with Gasteiger partial charge < -0.3 is 9.88 Å². The number of pyridine rings is 1. The summed E-state index contributed by atoms with van der Waals surface area (Å²) >= 11 is 3.03. The molecular formula is C20H23N5OS2. The minimum Gasteiger partial charge on any atom is -0.324 e. The molecule has 0 saturated carbocycles. The predicted molar refractivity (Wildman–Crippen MR) is 116 cm³/mol. The van der Waals surface area contributed by atoms with Crippen molar-refractivity contribution >= 4 is 35.1 Å². The Kier molecular flexibility index (Phi) is 7.11. The average molecular weight is 414 g/mol. The number of amides is 1. The molecule has 146 valence electrons. The fourth-order valence-corrected chi connectivity index (χ4v) is 4.14. The lowest BCUT2D eigenvalue weighted by atomic mass is 10.2. The first-order valence-corrected chi connectivity index (χ1v) is 11.2. The Bertz CT molecular complexity index is 929. The molecule has 0 aliphatic heterocycles. The average Bonchev–Trinajstić information content (AvgIpc) is 3.11. The summed E-state index contributed by atoms with van der Waals surface area (Å²) in [5.74, 6) is 0.745. The summed E-state index contributed by atoms with van der Waals surface area (Å²) in [4.78, 5) is 17.8. The van der Waals surface area contributed by atoms with Gasteiger partial charge in [0, 0.05) is 29.4 Å². The molecule has 1 aromatic carbocycles. The van der Waals surface area contributed by atoms with E-state index >= 15 is 0 Å². The van der Waals surface area contributed by atoms with Gasteiger partial charge in [0.15, 0.2) is 11.0 Å². The van der Waals surface area contributed by atoms with Gasteiger partial charge in [0.2, 0.25) is 5.91 Å². The van der Waals surface area contributed by atoms with Crippen LogP contribution in [0.2, 0.25) is 0 Å². The van der Waals surface area contributed by atoms with Crippen LogP contribution in [0, 0.1) is 0 Å². The van der Waals surface area contributed by atoms with Gasteiger partial charge in [0.25, 0.3) is 0 Å². The first-order valence-electron chi connectivity index (χ1n) is 9.08. The fourth-order valence-electron chi connectivity index (χ4n) is 2.71. The van der Waals surface area contributed by atoms with Crippen molar-refractivity contribution in [2.45, 2.75) is 42.1 Å². The van der Waals surface area contributed by atoms with E-state index in [0.29, 0.717) is 0 Å². The molecule has 3 rings (SSSR count). The van der Waals surface area contributed by atoms with E-state index < -0.39 is 0 Å². The largest absolute Gasteiger partial charge is 0.324 e. The number of para-hydroxylation sites is 1. The molecule has 1 atom stereocenters. The van der Waals surface area contributed by atoms with Crippen LogP contribution in [0.15, 0.2) is 58.8 Å². The zero-order valence-corrected chi connectivity index (χ0v) is 17.8. The van der Waals surface area contributed by atoms with Gasteiger partial charge in [-0.05, 0) is 43.9 Å². The zero-order valence-electron chi connectivity index (χ0n) is 16.1. The number of thioether (sulfide) groups is 2. The number of nitrogens with zero attached hydrogens (tertiary/aromatic N) is 4. The topological polar surface area (TPSA) is 72.7 Å². The zero-order chi connectivity index (χ0) is 19.9. The highest BCUT2D eigenvalue weighted by atomic mass is 32.2. The Balaban J connectivity index is 1.77. The molecule has 0 aliphatic carbocycles. The molecule has 0 bridgehead atoms. The second-order valence-electron chi connectivity index (χ2n) is 6.14. The molecule has 2 aromatic heterocycles. The van der Waals surface area contributed by atoms with Crippen molar-refractivity contribution < 1.29 is 4.79 Å². The highest BCUT2D eigenvalue weighted by Gasteiger charge is 2.21. The van der Waals surface area contributed by atoms with Crippen LogP contribution in [0.4, 0.5) is 5.69 Å². The van der Waals surface area contributed by atoms with E-state index in [4.69, 9.17) is 0 Å². The second-order valence-corrected chi connectivity index (χ2v) is 8.30. The van der Waals surface area contributed by atoms with Gasteiger partial charge in [0.05, 0.1) is 10.9 Å². The van der Waals surface area contributed by atoms with Crippen LogP contribution >= 0.6 is 23.5 Å². The number of hydrogen-bond donors (Lipinski definition) is 1. The van der Waals surface area contributed by atoms with Crippen molar-refractivity contribution in [3.8, 4) is 11.4 Å². The fraction of sp³-hybridized carbons (Fsp3) is 0.300. The number of anilines is 1. The van der Waals surface area contributed by atoms with E-state index in [1.165, 1.54) is 11.8 Å². The first-order chi connectivity index (χ1) is 13.6. The van der Waals surface area contributed by atoms with E-state index in [0.717, 1.165) is 40.1 Å². The molecular weight excluding hydrogens is 390 g/mol. The number of benzene rings is 1. The number of aromatic nitrogens is 4. The minimum atomic E-state index is -0.306. The molecule has 1 unspecified atom stereocenters. The van der Waals surface area contributed by atoms with Crippen molar-refractivity contribution in [1.29, 1.82) is 0 Å². The molecule has 3 aromatic rings. The Hall–Kier alpha value is -2.32.